The van der Waals surface area contributed by atoms with E-state index in [1.807, 2.05) is 95.9 Å². The molecule has 0 atom stereocenters. The molecular weight excluding hydrogens is 634 g/mol. The van der Waals surface area contributed by atoms with E-state index in [-0.39, 0.29) is 11.2 Å². The topological polar surface area (TPSA) is 3.24 Å². The minimum atomic E-state index is -0.286. The van der Waals surface area contributed by atoms with E-state index < -0.39 is 0 Å². The zero-order valence-electron chi connectivity index (χ0n) is 29.7. The van der Waals surface area contributed by atoms with Crippen LogP contribution in [0.3, 0.4) is 0 Å². The van der Waals surface area contributed by atoms with Crippen molar-refractivity contribution in [2.24, 2.45) is 0 Å². The third-order valence-electron chi connectivity index (χ3n) is 10.3. The molecule has 8 rings (SSSR count). The van der Waals surface area contributed by atoms with Crippen LogP contribution < -0.4 is 4.90 Å². The monoisotopic (exact) mass is 673 g/mol. The molecule has 0 aliphatic heterocycles. The summed E-state index contributed by atoms with van der Waals surface area (Å²) in [6.45, 7) is 6.86. The highest BCUT2D eigenvalue weighted by atomic mass is 19.1. The summed E-state index contributed by atoms with van der Waals surface area (Å²) in [4.78, 5) is 2.03. The van der Waals surface area contributed by atoms with Crippen molar-refractivity contribution in [3.05, 3.63) is 209 Å². The van der Waals surface area contributed by atoms with Gasteiger partial charge in [0.15, 0.2) is 0 Å². The fourth-order valence-electron chi connectivity index (χ4n) is 7.42. The fourth-order valence-corrected chi connectivity index (χ4v) is 7.42. The summed E-state index contributed by atoms with van der Waals surface area (Å²) in [5.74, 6) is -0.286. The van der Waals surface area contributed by atoms with Gasteiger partial charge in [-0.25, -0.2) is 4.39 Å². The first kappa shape index (κ1) is 32.9. The minimum Gasteiger partial charge on any atom is -0.307 e. The molecule has 0 saturated heterocycles. The van der Waals surface area contributed by atoms with E-state index in [9.17, 15) is 0 Å². The van der Waals surface area contributed by atoms with E-state index in [1.165, 1.54) is 27.8 Å². The van der Waals surface area contributed by atoms with Gasteiger partial charge in [0.1, 0.15) is 5.82 Å². The maximum Gasteiger partial charge on any atom is 0.148 e. The highest BCUT2D eigenvalue weighted by molar-refractivity contribution is 5.91. The van der Waals surface area contributed by atoms with Crippen LogP contribution in [0.15, 0.2) is 164 Å². The number of hydrogen-bond acceptors (Lipinski definition) is 1. The summed E-state index contributed by atoms with van der Waals surface area (Å²) in [7, 11) is 0. The largest absolute Gasteiger partial charge is 0.307 e. The van der Waals surface area contributed by atoms with Crippen LogP contribution in [0.2, 0.25) is 0 Å². The molecule has 1 nitrogen and oxygen atoms in total. The number of halogens is 1. The highest BCUT2D eigenvalue weighted by Crippen LogP contribution is 2.44. The molecule has 0 fully saturated rings. The molecule has 2 heteroatoms. The summed E-state index contributed by atoms with van der Waals surface area (Å²) in [6.07, 6.45) is 8.81. The number of para-hydroxylation sites is 1. The first-order valence-electron chi connectivity index (χ1n) is 17.9. The average molecular weight is 674 g/mol. The van der Waals surface area contributed by atoms with Crippen molar-refractivity contribution in [2.45, 2.75) is 26.2 Å². The van der Waals surface area contributed by atoms with Crippen molar-refractivity contribution in [3.63, 3.8) is 0 Å². The van der Waals surface area contributed by atoms with E-state index in [0.29, 0.717) is 5.69 Å². The Morgan fingerprint density at radius 1 is 0.538 bits per heavy atom. The van der Waals surface area contributed by atoms with Gasteiger partial charge in [0.05, 0.1) is 5.69 Å². The third kappa shape index (κ3) is 6.40. The second kappa shape index (κ2) is 13.8. The number of anilines is 3. The molecule has 252 valence electrons. The van der Waals surface area contributed by atoms with Crippen LogP contribution in [0.1, 0.15) is 52.8 Å². The lowest BCUT2D eigenvalue weighted by molar-refractivity contribution is 0.629. The van der Waals surface area contributed by atoms with Gasteiger partial charge in [-0.05, 0) is 105 Å². The second-order valence-corrected chi connectivity index (χ2v) is 14.0. The van der Waals surface area contributed by atoms with E-state index in [2.05, 4.69) is 112 Å². The molecule has 0 radical (unpaired) electrons. The van der Waals surface area contributed by atoms with Crippen LogP contribution in [0.4, 0.5) is 21.5 Å². The molecule has 4 bridgehead atoms. The molecule has 52 heavy (non-hydrogen) atoms. The van der Waals surface area contributed by atoms with Crippen molar-refractivity contribution in [3.8, 4) is 22.3 Å². The fraction of sp³-hybridized carbons (Fsp3) is 0.0800. The van der Waals surface area contributed by atoms with E-state index in [4.69, 9.17) is 0 Å². The van der Waals surface area contributed by atoms with E-state index >= 15 is 4.39 Å². The lowest BCUT2D eigenvalue weighted by atomic mass is 9.75. The van der Waals surface area contributed by atoms with Crippen LogP contribution in [-0.2, 0) is 5.41 Å². The average Bonchev–Trinajstić information content (AvgIpc) is 3.19. The lowest BCUT2D eigenvalue weighted by Crippen LogP contribution is -2.21. The number of benzene rings is 7. The SMILES string of the molecule is Cc1c2cc(/C=C/c3ccc(N(c4ccccc4)c4c(F)cc(-c5ccccc5)cc4-c4ccccc4)cc3)cc1C(C)(C)c1cccc(c1)/C=C\2. The number of hydrogen-bond donors (Lipinski definition) is 0. The number of nitrogens with zero attached hydrogens (tertiary/aromatic N) is 1. The molecule has 0 unspecified atom stereocenters. The maximum absolute atomic E-state index is 16.8. The van der Waals surface area contributed by atoms with E-state index in [0.717, 1.165) is 44.8 Å². The van der Waals surface area contributed by atoms with Crippen molar-refractivity contribution in [2.75, 3.05) is 4.90 Å². The Hall–Kier alpha value is -6.25. The molecule has 0 aromatic heterocycles. The van der Waals surface area contributed by atoms with Crippen LogP contribution in [0.25, 0.3) is 46.6 Å². The molecular formula is C50H40FN. The molecule has 0 saturated carbocycles. The lowest BCUT2D eigenvalue weighted by Gasteiger charge is -2.29. The van der Waals surface area contributed by atoms with Crippen molar-refractivity contribution in [1.82, 2.24) is 0 Å². The Morgan fingerprint density at radius 3 is 1.88 bits per heavy atom. The van der Waals surface area contributed by atoms with Crippen LogP contribution in [0, 0.1) is 12.7 Å². The van der Waals surface area contributed by atoms with Gasteiger partial charge < -0.3 is 4.90 Å². The summed E-state index contributed by atoms with van der Waals surface area (Å²) in [5.41, 5.74) is 14.3. The Labute approximate surface area is 306 Å². The molecule has 0 spiro atoms. The second-order valence-electron chi connectivity index (χ2n) is 14.0. The van der Waals surface area contributed by atoms with Crippen LogP contribution in [-0.4, -0.2) is 0 Å². The van der Waals surface area contributed by atoms with Crippen molar-refractivity contribution >= 4 is 41.4 Å². The van der Waals surface area contributed by atoms with Gasteiger partial charge in [0.2, 0.25) is 0 Å². The molecule has 0 amide bonds. The molecule has 1 aliphatic rings. The molecule has 1 aliphatic carbocycles. The van der Waals surface area contributed by atoms with Gasteiger partial charge in [0, 0.05) is 22.4 Å². The highest BCUT2D eigenvalue weighted by Gasteiger charge is 2.27. The minimum absolute atomic E-state index is 0.138. The molecule has 7 aromatic rings. The Morgan fingerprint density at radius 2 is 1.17 bits per heavy atom. The zero-order chi connectivity index (χ0) is 35.7. The van der Waals surface area contributed by atoms with Crippen LogP contribution >= 0.6 is 0 Å². The first-order valence-corrected chi connectivity index (χ1v) is 17.9. The number of rotatable bonds is 7. The Kier molecular flexibility index (Phi) is 8.75. The van der Waals surface area contributed by atoms with Gasteiger partial charge in [-0.3, -0.25) is 0 Å². The predicted molar refractivity (Wildman–Crippen MR) is 220 cm³/mol. The number of fused-ring (bicyclic) bond motifs is 4. The van der Waals surface area contributed by atoms with Gasteiger partial charge in [-0.1, -0.05) is 159 Å². The van der Waals surface area contributed by atoms with Gasteiger partial charge in [-0.2, -0.15) is 0 Å². The molecule has 0 heterocycles. The normalized spacial score (nSPS) is 13.6. The zero-order valence-corrected chi connectivity index (χ0v) is 29.7. The summed E-state index contributed by atoms with van der Waals surface area (Å²) in [6, 6.07) is 55.7. The Balaban J connectivity index is 1.19. The maximum atomic E-state index is 16.8. The van der Waals surface area contributed by atoms with Crippen LogP contribution in [0.5, 0.6) is 0 Å². The molecule has 0 N–H and O–H groups in total. The first-order chi connectivity index (χ1) is 25.3. The van der Waals surface area contributed by atoms with Gasteiger partial charge >= 0.3 is 0 Å². The quantitative estimate of drug-likeness (QED) is 0.152. The third-order valence-corrected chi connectivity index (χ3v) is 10.3. The molecule has 7 aromatic carbocycles. The van der Waals surface area contributed by atoms with Gasteiger partial charge in [-0.15, -0.1) is 0 Å². The summed E-state index contributed by atoms with van der Waals surface area (Å²) in [5, 5.41) is 0. The van der Waals surface area contributed by atoms with E-state index in [1.54, 1.807) is 6.07 Å². The van der Waals surface area contributed by atoms with Crippen molar-refractivity contribution < 1.29 is 4.39 Å². The smallest absolute Gasteiger partial charge is 0.148 e. The summed E-state index contributed by atoms with van der Waals surface area (Å²) >= 11 is 0. The van der Waals surface area contributed by atoms with Crippen molar-refractivity contribution in [1.29, 1.82) is 0 Å². The Bertz CT molecular complexity index is 2420. The predicted octanol–water partition coefficient (Wildman–Crippen LogP) is 13.9. The standard InChI is InChI=1S/C50H40FN/c1-35-41-27-24-37-14-13-19-43(31-37)50(2,3)47(35)32-38(30-41)23-22-36-25-28-45(29-26-36)52(44-20-11-6-12-21-44)49-46(40-17-9-5-10-18-40)33-42(34-48(49)51)39-15-7-4-8-16-39/h4-34H,1-3H3/b23-22+,27-24-. The summed E-state index contributed by atoms with van der Waals surface area (Å²) < 4.78 is 16.8. The van der Waals surface area contributed by atoms with Gasteiger partial charge in [0.25, 0.3) is 0 Å².